The molecular formula is C77H145NO5. The standard InChI is InChI=1S/C77H145NO5/c1-3-5-7-9-11-13-15-17-19-21-22-23-24-26-29-32-35-38-41-45-49-53-57-61-65-69-75(80)74(73-79)78-76(81)70-66-62-58-54-50-46-42-39-36-33-30-27-25-28-31-34-37-40-44-48-52-56-60-64-68-72-83-77(82)71-67-63-59-55-51-47-43-20-18-16-14-12-10-8-6-4-2/h14,16,20,27-28,30-31,43,74-75,79-80H,3-13,15,17-19,21-26,29,32-42,44-73H2,1-2H3,(H,78,81)/b16-14-,30-27-,31-28-,43-20-. The molecule has 0 rings (SSSR count). The third-order valence-electron chi connectivity index (χ3n) is 17.4. The highest BCUT2D eigenvalue weighted by molar-refractivity contribution is 5.76. The van der Waals surface area contributed by atoms with Crippen LogP contribution < -0.4 is 5.32 Å². The minimum Gasteiger partial charge on any atom is -0.466 e. The van der Waals surface area contributed by atoms with Crippen molar-refractivity contribution in [3.8, 4) is 0 Å². The maximum Gasteiger partial charge on any atom is 0.305 e. The van der Waals surface area contributed by atoms with Gasteiger partial charge in [0.1, 0.15) is 0 Å². The summed E-state index contributed by atoms with van der Waals surface area (Å²) >= 11 is 0. The number of allylic oxidation sites excluding steroid dienone is 8. The molecule has 0 aromatic heterocycles. The molecule has 0 aliphatic heterocycles. The fourth-order valence-corrected chi connectivity index (χ4v) is 11.6. The average Bonchev–Trinajstić information content (AvgIpc) is 3.49. The number of unbranched alkanes of at least 4 members (excludes halogenated alkanes) is 51. The fourth-order valence-electron chi connectivity index (χ4n) is 11.6. The highest BCUT2D eigenvalue weighted by atomic mass is 16.5. The number of amides is 1. The van der Waals surface area contributed by atoms with Crippen LogP contribution >= 0.6 is 0 Å². The van der Waals surface area contributed by atoms with Crippen molar-refractivity contribution in [2.75, 3.05) is 13.2 Å². The molecular weight excluding hydrogens is 1020 g/mol. The predicted molar refractivity (Wildman–Crippen MR) is 366 cm³/mol. The van der Waals surface area contributed by atoms with E-state index in [0.29, 0.717) is 25.9 Å². The lowest BCUT2D eigenvalue weighted by atomic mass is 10.0. The van der Waals surface area contributed by atoms with Crippen molar-refractivity contribution < 1.29 is 24.5 Å². The van der Waals surface area contributed by atoms with Crippen LogP contribution in [0.4, 0.5) is 0 Å². The zero-order valence-corrected chi connectivity index (χ0v) is 55.9. The highest BCUT2D eigenvalue weighted by Gasteiger charge is 2.20. The van der Waals surface area contributed by atoms with E-state index in [4.69, 9.17) is 4.74 Å². The number of hydrogen-bond acceptors (Lipinski definition) is 5. The third-order valence-corrected chi connectivity index (χ3v) is 17.4. The van der Waals surface area contributed by atoms with Gasteiger partial charge in [-0.2, -0.15) is 0 Å². The highest BCUT2D eigenvalue weighted by Crippen LogP contribution is 2.19. The minimum absolute atomic E-state index is 0.00397. The van der Waals surface area contributed by atoms with Gasteiger partial charge in [0.15, 0.2) is 0 Å². The maximum absolute atomic E-state index is 12.6. The Morgan fingerprint density at radius 1 is 0.337 bits per heavy atom. The number of carbonyl (C=O) groups is 2. The zero-order valence-electron chi connectivity index (χ0n) is 55.9. The second-order valence-electron chi connectivity index (χ2n) is 25.6. The van der Waals surface area contributed by atoms with E-state index in [1.165, 1.54) is 315 Å². The Kier molecular flexibility index (Phi) is 70.4. The van der Waals surface area contributed by atoms with Crippen LogP contribution in [0.25, 0.3) is 0 Å². The van der Waals surface area contributed by atoms with E-state index in [1.54, 1.807) is 0 Å². The van der Waals surface area contributed by atoms with Crippen molar-refractivity contribution in [3.05, 3.63) is 48.6 Å². The Labute approximate surface area is 518 Å². The molecule has 0 saturated carbocycles. The molecule has 83 heavy (non-hydrogen) atoms. The molecule has 2 atom stereocenters. The Bertz CT molecular complexity index is 1390. The first kappa shape index (κ1) is 80.8. The normalized spacial score (nSPS) is 12.8. The number of aliphatic hydroxyl groups excluding tert-OH is 2. The first-order valence-corrected chi connectivity index (χ1v) is 37.4. The van der Waals surface area contributed by atoms with E-state index < -0.39 is 12.1 Å². The van der Waals surface area contributed by atoms with Gasteiger partial charge in [0.25, 0.3) is 0 Å². The van der Waals surface area contributed by atoms with Crippen LogP contribution in [0.3, 0.4) is 0 Å². The molecule has 0 spiro atoms. The molecule has 0 aliphatic rings. The smallest absolute Gasteiger partial charge is 0.305 e. The SMILES string of the molecule is CCCCCC/C=C\C/C=C\CCCCCCCC(=O)OCCCCCCCCCCC/C=C\C/C=C\CCCCCCCCCCCC(=O)NC(CO)C(O)CCCCCCCCCCCCCCCCCCCCCCCCCCC. The van der Waals surface area contributed by atoms with Gasteiger partial charge in [-0.05, 0) is 89.9 Å². The van der Waals surface area contributed by atoms with Gasteiger partial charge in [0.05, 0.1) is 25.4 Å². The molecule has 488 valence electrons. The molecule has 0 aromatic rings. The second-order valence-corrected chi connectivity index (χ2v) is 25.6. The van der Waals surface area contributed by atoms with Crippen LogP contribution in [-0.2, 0) is 14.3 Å². The van der Waals surface area contributed by atoms with Crippen molar-refractivity contribution in [1.82, 2.24) is 5.32 Å². The Morgan fingerprint density at radius 2 is 0.602 bits per heavy atom. The molecule has 1 amide bonds. The molecule has 0 aliphatic carbocycles. The van der Waals surface area contributed by atoms with E-state index in [-0.39, 0.29) is 18.5 Å². The summed E-state index contributed by atoms with van der Waals surface area (Å²) in [5.74, 6) is -0.0410. The first-order valence-electron chi connectivity index (χ1n) is 37.4. The fraction of sp³-hybridized carbons (Fsp3) is 0.870. The van der Waals surface area contributed by atoms with Crippen LogP contribution in [0.1, 0.15) is 406 Å². The van der Waals surface area contributed by atoms with Gasteiger partial charge in [0.2, 0.25) is 5.91 Å². The minimum atomic E-state index is -0.671. The molecule has 0 fully saturated rings. The molecule has 0 heterocycles. The summed E-state index contributed by atoms with van der Waals surface area (Å²) in [4.78, 5) is 24.6. The summed E-state index contributed by atoms with van der Waals surface area (Å²) in [6, 6.07) is -0.549. The van der Waals surface area contributed by atoms with Crippen molar-refractivity contribution >= 4 is 11.9 Å². The van der Waals surface area contributed by atoms with Crippen molar-refractivity contribution in [1.29, 1.82) is 0 Å². The van der Waals surface area contributed by atoms with Crippen LogP contribution in [0.15, 0.2) is 48.6 Å². The average molecular weight is 1170 g/mol. The lowest BCUT2D eigenvalue weighted by Crippen LogP contribution is -2.45. The molecule has 3 N–H and O–H groups in total. The van der Waals surface area contributed by atoms with Crippen LogP contribution in [0.5, 0.6) is 0 Å². The van der Waals surface area contributed by atoms with E-state index >= 15 is 0 Å². The maximum atomic E-state index is 12.6. The topological polar surface area (TPSA) is 95.9 Å². The molecule has 0 saturated heterocycles. The van der Waals surface area contributed by atoms with Gasteiger partial charge < -0.3 is 20.3 Å². The number of aliphatic hydroxyl groups is 2. The Hall–Kier alpha value is -2.18. The lowest BCUT2D eigenvalue weighted by molar-refractivity contribution is -0.143. The predicted octanol–water partition coefficient (Wildman–Crippen LogP) is 24.4. The summed E-state index contributed by atoms with van der Waals surface area (Å²) in [5.41, 5.74) is 0. The molecule has 6 nitrogen and oxygen atoms in total. The Morgan fingerprint density at radius 3 is 0.928 bits per heavy atom. The van der Waals surface area contributed by atoms with Crippen LogP contribution in [0.2, 0.25) is 0 Å². The number of carbonyl (C=O) groups excluding carboxylic acids is 2. The quantitative estimate of drug-likeness (QED) is 0.0320. The van der Waals surface area contributed by atoms with Gasteiger partial charge in [-0.1, -0.05) is 351 Å². The third kappa shape index (κ3) is 68.8. The number of ether oxygens (including phenoxy) is 1. The van der Waals surface area contributed by atoms with Gasteiger partial charge in [-0.25, -0.2) is 0 Å². The largest absolute Gasteiger partial charge is 0.466 e. The summed E-state index contributed by atoms with van der Waals surface area (Å²) in [7, 11) is 0. The summed E-state index contributed by atoms with van der Waals surface area (Å²) in [5, 5.41) is 23.5. The number of nitrogens with one attached hydrogen (secondary N) is 1. The summed E-state index contributed by atoms with van der Waals surface area (Å²) < 4.78 is 5.49. The van der Waals surface area contributed by atoms with Crippen molar-refractivity contribution in [2.24, 2.45) is 0 Å². The second kappa shape index (κ2) is 72.3. The van der Waals surface area contributed by atoms with E-state index in [0.717, 1.165) is 57.8 Å². The zero-order chi connectivity index (χ0) is 59.9. The van der Waals surface area contributed by atoms with Gasteiger partial charge in [0, 0.05) is 12.8 Å². The van der Waals surface area contributed by atoms with Crippen molar-refractivity contribution in [3.63, 3.8) is 0 Å². The van der Waals surface area contributed by atoms with Crippen molar-refractivity contribution in [2.45, 2.75) is 418 Å². The van der Waals surface area contributed by atoms with E-state index in [9.17, 15) is 19.8 Å². The monoisotopic (exact) mass is 1160 g/mol. The number of esters is 1. The van der Waals surface area contributed by atoms with Gasteiger partial charge in [-0.15, -0.1) is 0 Å². The van der Waals surface area contributed by atoms with E-state index in [1.807, 2.05) is 0 Å². The Balaban J connectivity index is 3.44. The summed E-state index contributed by atoms with van der Waals surface area (Å²) in [6.45, 7) is 4.96. The molecule has 6 heteroatoms. The first-order chi connectivity index (χ1) is 41.0. The number of rotatable bonds is 70. The molecule has 2 unspecified atom stereocenters. The molecule has 0 radical (unpaired) electrons. The lowest BCUT2D eigenvalue weighted by Gasteiger charge is -2.22. The molecule has 0 aromatic carbocycles. The van der Waals surface area contributed by atoms with Crippen LogP contribution in [0, 0.1) is 0 Å². The molecule has 0 bridgehead atoms. The number of hydrogen-bond donors (Lipinski definition) is 3. The van der Waals surface area contributed by atoms with Crippen LogP contribution in [-0.4, -0.2) is 47.4 Å². The summed E-state index contributed by atoms with van der Waals surface area (Å²) in [6.07, 6.45) is 94.5. The van der Waals surface area contributed by atoms with Gasteiger partial charge in [-0.3, -0.25) is 9.59 Å². The van der Waals surface area contributed by atoms with Gasteiger partial charge >= 0.3 is 5.97 Å². The van der Waals surface area contributed by atoms with E-state index in [2.05, 4.69) is 67.8 Å².